The van der Waals surface area contributed by atoms with Gasteiger partial charge < -0.3 is 9.64 Å². The van der Waals surface area contributed by atoms with Crippen molar-refractivity contribution < 1.29 is 4.74 Å². The van der Waals surface area contributed by atoms with Crippen molar-refractivity contribution in [3.05, 3.63) is 35.4 Å². The van der Waals surface area contributed by atoms with Crippen molar-refractivity contribution in [3.63, 3.8) is 0 Å². The molecule has 102 valence electrons. The second-order valence-electron chi connectivity index (χ2n) is 5.32. The van der Waals surface area contributed by atoms with Gasteiger partial charge in [0.2, 0.25) is 0 Å². The highest BCUT2D eigenvalue weighted by molar-refractivity contribution is 5.31. The fourth-order valence-electron chi connectivity index (χ4n) is 2.54. The van der Waals surface area contributed by atoms with Crippen LogP contribution < -0.4 is 0 Å². The molecule has 0 unspecified atom stereocenters. The highest BCUT2D eigenvalue weighted by atomic mass is 16.5. The van der Waals surface area contributed by atoms with Crippen LogP contribution in [-0.4, -0.2) is 31.2 Å². The molecule has 1 aromatic carbocycles. The van der Waals surface area contributed by atoms with Crippen molar-refractivity contribution in [2.24, 2.45) is 0 Å². The zero-order chi connectivity index (χ0) is 13.5. The predicted octanol–water partition coefficient (Wildman–Crippen LogP) is 2.95. The minimum atomic E-state index is 0.503. The Morgan fingerprint density at radius 2 is 2.16 bits per heavy atom. The van der Waals surface area contributed by atoms with Gasteiger partial charge in [-0.3, -0.25) is 0 Å². The molecule has 0 amide bonds. The van der Waals surface area contributed by atoms with E-state index in [4.69, 9.17) is 10.00 Å². The lowest BCUT2D eigenvalue weighted by atomic mass is 10.1. The summed E-state index contributed by atoms with van der Waals surface area (Å²) < 4.78 is 5.63. The molecule has 0 bridgehead atoms. The van der Waals surface area contributed by atoms with E-state index >= 15 is 0 Å². The molecule has 2 rings (SSSR count). The Balaban J connectivity index is 1.68. The number of rotatable bonds is 6. The molecule has 1 saturated heterocycles. The number of benzene rings is 1. The van der Waals surface area contributed by atoms with Crippen LogP contribution in [0, 0.1) is 11.3 Å². The molecule has 0 N–H and O–H groups in total. The highest BCUT2D eigenvalue weighted by Gasteiger charge is 2.14. The second-order valence-corrected chi connectivity index (χ2v) is 5.32. The quantitative estimate of drug-likeness (QED) is 0.787. The first-order valence-electron chi connectivity index (χ1n) is 7.07. The van der Waals surface area contributed by atoms with Gasteiger partial charge in [0, 0.05) is 13.2 Å². The first-order valence-corrected chi connectivity index (χ1v) is 7.07. The first-order chi connectivity index (χ1) is 9.28. The van der Waals surface area contributed by atoms with Crippen molar-refractivity contribution in [1.29, 1.82) is 5.26 Å². The van der Waals surface area contributed by atoms with E-state index in [2.05, 4.69) is 18.0 Å². The van der Waals surface area contributed by atoms with Crippen LogP contribution >= 0.6 is 0 Å². The van der Waals surface area contributed by atoms with Gasteiger partial charge in [0.1, 0.15) is 0 Å². The third kappa shape index (κ3) is 4.66. The molecule has 0 saturated carbocycles. The Morgan fingerprint density at radius 1 is 1.37 bits per heavy atom. The van der Waals surface area contributed by atoms with Crippen molar-refractivity contribution in [1.82, 2.24) is 4.90 Å². The fourth-order valence-corrected chi connectivity index (χ4v) is 2.54. The third-order valence-electron chi connectivity index (χ3n) is 3.63. The molecule has 19 heavy (non-hydrogen) atoms. The summed E-state index contributed by atoms with van der Waals surface area (Å²) in [5.74, 6) is 0. The fraction of sp³-hybridized carbons (Fsp3) is 0.562. The van der Waals surface area contributed by atoms with Gasteiger partial charge in [-0.25, -0.2) is 0 Å². The molecule has 0 aromatic heterocycles. The van der Waals surface area contributed by atoms with Gasteiger partial charge in [-0.2, -0.15) is 5.26 Å². The monoisotopic (exact) mass is 258 g/mol. The van der Waals surface area contributed by atoms with Crippen LogP contribution in [0.1, 0.15) is 36.8 Å². The Morgan fingerprint density at radius 3 is 2.79 bits per heavy atom. The zero-order valence-electron chi connectivity index (χ0n) is 11.6. The lowest BCUT2D eigenvalue weighted by Gasteiger charge is -2.17. The van der Waals surface area contributed by atoms with Crippen LogP contribution in [0.25, 0.3) is 0 Å². The zero-order valence-corrected chi connectivity index (χ0v) is 11.6. The lowest BCUT2D eigenvalue weighted by Crippen LogP contribution is -2.20. The van der Waals surface area contributed by atoms with Gasteiger partial charge in [-0.1, -0.05) is 12.1 Å². The van der Waals surface area contributed by atoms with E-state index in [1.165, 1.54) is 31.2 Å². The number of hydrogen-bond acceptors (Lipinski definition) is 3. The number of ether oxygens (including phenoxy) is 1. The minimum Gasteiger partial charge on any atom is -0.378 e. The second kappa shape index (κ2) is 7.28. The molecule has 1 aliphatic heterocycles. The summed E-state index contributed by atoms with van der Waals surface area (Å²) in [5, 5.41) is 8.76. The average molecular weight is 258 g/mol. The van der Waals surface area contributed by atoms with Crippen molar-refractivity contribution in [3.8, 4) is 6.07 Å². The molecule has 3 nitrogen and oxygen atoms in total. The van der Waals surface area contributed by atoms with Crippen LogP contribution in [0.3, 0.4) is 0 Å². The standard InChI is InChI=1S/C16H22N2O/c1-18(10-2-4-16-5-3-11-19-16)13-15-8-6-14(12-17)7-9-15/h6-9,16H,2-5,10-11,13H2,1H3/t16-/m1/s1. The molecular weight excluding hydrogens is 236 g/mol. The summed E-state index contributed by atoms with van der Waals surface area (Å²) in [7, 11) is 2.15. The van der Waals surface area contributed by atoms with Crippen molar-refractivity contribution in [2.75, 3.05) is 20.2 Å². The number of nitriles is 1. The molecule has 1 aliphatic rings. The van der Waals surface area contributed by atoms with E-state index in [9.17, 15) is 0 Å². The maximum atomic E-state index is 8.76. The van der Waals surface area contributed by atoms with Gasteiger partial charge in [0.05, 0.1) is 17.7 Å². The summed E-state index contributed by atoms with van der Waals surface area (Å²) in [5.41, 5.74) is 1.99. The summed E-state index contributed by atoms with van der Waals surface area (Å²) >= 11 is 0. The van der Waals surface area contributed by atoms with Gasteiger partial charge in [-0.15, -0.1) is 0 Å². The van der Waals surface area contributed by atoms with E-state index in [-0.39, 0.29) is 0 Å². The average Bonchev–Trinajstić information content (AvgIpc) is 2.93. The van der Waals surface area contributed by atoms with Gasteiger partial charge in [0.25, 0.3) is 0 Å². The Labute approximate surface area is 115 Å². The molecule has 1 aromatic rings. The number of hydrogen-bond donors (Lipinski definition) is 0. The Kier molecular flexibility index (Phi) is 5.38. The molecule has 0 radical (unpaired) electrons. The summed E-state index contributed by atoms with van der Waals surface area (Å²) in [6.45, 7) is 2.99. The lowest BCUT2D eigenvalue weighted by molar-refractivity contribution is 0.0995. The molecule has 1 fully saturated rings. The summed E-state index contributed by atoms with van der Waals surface area (Å²) in [4.78, 5) is 2.33. The maximum absolute atomic E-state index is 8.76. The molecule has 1 heterocycles. The van der Waals surface area contributed by atoms with Gasteiger partial charge in [0.15, 0.2) is 0 Å². The van der Waals surface area contributed by atoms with E-state index in [1.54, 1.807) is 0 Å². The topological polar surface area (TPSA) is 36.3 Å². The number of nitrogens with zero attached hydrogens (tertiary/aromatic N) is 2. The molecule has 0 spiro atoms. The van der Waals surface area contributed by atoms with E-state index in [1.807, 2.05) is 24.3 Å². The van der Waals surface area contributed by atoms with Crippen LogP contribution in [0.15, 0.2) is 24.3 Å². The third-order valence-corrected chi connectivity index (χ3v) is 3.63. The summed E-state index contributed by atoms with van der Waals surface area (Å²) in [6, 6.07) is 9.99. The molecule has 1 atom stereocenters. The Bertz CT molecular complexity index is 415. The van der Waals surface area contributed by atoms with E-state index in [0.29, 0.717) is 6.10 Å². The van der Waals surface area contributed by atoms with Crippen LogP contribution in [-0.2, 0) is 11.3 Å². The molecular formula is C16H22N2O. The van der Waals surface area contributed by atoms with Gasteiger partial charge >= 0.3 is 0 Å². The predicted molar refractivity (Wildman–Crippen MR) is 75.7 cm³/mol. The van der Waals surface area contributed by atoms with Crippen molar-refractivity contribution in [2.45, 2.75) is 38.3 Å². The first kappa shape index (κ1) is 14.0. The van der Waals surface area contributed by atoms with Crippen LogP contribution in [0.4, 0.5) is 0 Å². The highest BCUT2D eigenvalue weighted by Crippen LogP contribution is 2.17. The smallest absolute Gasteiger partial charge is 0.0991 e. The Hall–Kier alpha value is -1.37. The van der Waals surface area contributed by atoms with E-state index in [0.717, 1.165) is 25.3 Å². The largest absolute Gasteiger partial charge is 0.378 e. The minimum absolute atomic E-state index is 0.503. The molecule has 3 heteroatoms. The van der Waals surface area contributed by atoms with Gasteiger partial charge in [-0.05, 0) is 57.0 Å². The van der Waals surface area contributed by atoms with Crippen LogP contribution in [0.2, 0.25) is 0 Å². The van der Waals surface area contributed by atoms with E-state index < -0.39 is 0 Å². The SMILES string of the molecule is CN(CCC[C@@H]1CCCO1)Cc1ccc(C#N)cc1. The van der Waals surface area contributed by atoms with Crippen molar-refractivity contribution >= 4 is 0 Å². The summed E-state index contributed by atoms with van der Waals surface area (Å²) in [6.07, 6.45) is 5.34. The molecule has 0 aliphatic carbocycles. The maximum Gasteiger partial charge on any atom is 0.0991 e. The van der Waals surface area contributed by atoms with Crippen LogP contribution in [0.5, 0.6) is 0 Å². The normalized spacial score (nSPS) is 18.7.